The molecule has 3 heterocycles. The summed E-state index contributed by atoms with van der Waals surface area (Å²) in [7, 11) is 1.46. The van der Waals surface area contributed by atoms with E-state index in [0.717, 1.165) is 6.07 Å². The average molecular weight is 417 g/mol. The van der Waals surface area contributed by atoms with Crippen LogP contribution < -0.4 is 30.1 Å². The summed E-state index contributed by atoms with van der Waals surface area (Å²) < 4.78 is 32.5. The lowest BCUT2D eigenvalue weighted by Gasteiger charge is -2.27. The fourth-order valence-electron chi connectivity index (χ4n) is 3.42. The first-order valence-corrected chi connectivity index (χ1v) is 9.08. The number of fused-ring (bicyclic) bond motifs is 2. The molecule has 4 rings (SSSR count). The van der Waals surface area contributed by atoms with Gasteiger partial charge in [-0.1, -0.05) is 0 Å². The lowest BCUT2D eigenvalue weighted by Crippen LogP contribution is -2.30. The van der Waals surface area contributed by atoms with E-state index in [0.29, 0.717) is 22.8 Å². The second kappa shape index (κ2) is 7.64. The molecule has 10 heteroatoms. The van der Waals surface area contributed by atoms with Gasteiger partial charge in [-0.25, -0.2) is 4.79 Å². The van der Waals surface area contributed by atoms with E-state index in [1.807, 2.05) is 0 Å². The van der Waals surface area contributed by atoms with Crippen molar-refractivity contribution < 1.29 is 38.0 Å². The van der Waals surface area contributed by atoms with Crippen molar-refractivity contribution in [1.82, 2.24) is 0 Å². The maximum absolute atomic E-state index is 12.7. The summed E-state index contributed by atoms with van der Waals surface area (Å²) in [6, 6.07) is 4.34. The molecule has 3 N–H and O–H groups in total. The van der Waals surface area contributed by atoms with Crippen molar-refractivity contribution in [2.24, 2.45) is 5.73 Å². The van der Waals surface area contributed by atoms with Crippen LogP contribution in [0.3, 0.4) is 0 Å². The predicted octanol–water partition coefficient (Wildman–Crippen LogP) is 1.13. The van der Waals surface area contributed by atoms with Crippen molar-refractivity contribution in [3.63, 3.8) is 0 Å². The molecular weight excluding hydrogens is 398 g/mol. The Morgan fingerprint density at radius 3 is 2.77 bits per heavy atom. The Kier molecular flexibility index (Phi) is 5.00. The maximum atomic E-state index is 12.7. The van der Waals surface area contributed by atoms with Gasteiger partial charge in [0.2, 0.25) is 29.6 Å². The second-order valence-corrected chi connectivity index (χ2v) is 6.42. The molecule has 30 heavy (non-hydrogen) atoms. The first kappa shape index (κ1) is 19.6. The van der Waals surface area contributed by atoms with Gasteiger partial charge < -0.3 is 38.9 Å². The molecule has 2 aliphatic heterocycles. The van der Waals surface area contributed by atoms with Crippen LogP contribution in [0.1, 0.15) is 29.9 Å². The standard InChI is InChI=1S/C20H19NO9/c1-3-26-20(24)15-14(9-4-12(25-2)17-13(5-9)27-8-28-17)18-16(30-19(15)21)11(23)6-10(7-22)29-18/h4-6,14,22H,3,7-8,21H2,1-2H3/t14-/m0/s1. The summed E-state index contributed by atoms with van der Waals surface area (Å²) in [5.74, 6) is -1.02. The van der Waals surface area contributed by atoms with Gasteiger partial charge in [0.25, 0.3) is 0 Å². The molecule has 0 amide bonds. The van der Waals surface area contributed by atoms with E-state index in [2.05, 4.69) is 0 Å². The number of carbonyl (C=O) groups is 1. The number of benzene rings is 1. The van der Waals surface area contributed by atoms with Gasteiger partial charge in [-0.15, -0.1) is 0 Å². The van der Waals surface area contributed by atoms with Gasteiger partial charge in [0.15, 0.2) is 17.3 Å². The van der Waals surface area contributed by atoms with Crippen LogP contribution >= 0.6 is 0 Å². The van der Waals surface area contributed by atoms with Crippen LogP contribution in [0.25, 0.3) is 0 Å². The Morgan fingerprint density at radius 2 is 2.07 bits per heavy atom. The molecule has 0 spiro atoms. The first-order chi connectivity index (χ1) is 14.5. The lowest BCUT2D eigenvalue weighted by atomic mass is 9.86. The van der Waals surface area contributed by atoms with E-state index in [-0.39, 0.29) is 42.1 Å². The maximum Gasteiger partial charge on any atom is 0.340 e. The molecule has 0 saturated carbocycles. The monoisotopic (exact) mass is 417 g/mol. The number of methoxy groups -OCH3 is 1. The quantitative estimate of drug-likeness (QED) is 0.680. The molecule has 0 unspecified atom stereocenters. The smallest absolute Gasteiger partial charge is 0.340 e. The third-order valence-corrected chi connectivity index (χ3v) is 4.67. The van der Waals surface area contributed by atoms with Gasteiger partial charge in [0.1, 0.15) is 17.9 Å². The topological polar surface area (TPSA) is 140 Å². The van der Waals surface area contributed by atoms with Gasteiger partial charge in [-0.3, -0.25) is 4.79 Å². The molecule has 158 valence electrons. The third kappa shape index (κ3) is 3.11. The molecular formula is C20H19NO9. The number of nitrogens with two attached hydrogens (primary N) is 1. The first-order valence-electron chi connectivity index (χ1n) is 9.08. The summed E-state index contributed by atoms with van der Waals surface area (Å²) in [5.41, 5.74) is 5.87. The molecule has 1 aromatic heterocycles. The van der Waals surface area contributed by atoms with E-state index in [4.69, 9.17) is 33.8 Å². The van der Waals surface area contributed by atoms with Gasteiger partial charge in [0, 0.05) is 6.07 Å². The van der Waals surface area contributed by atoms with Gasteiger partial charge in [0.05, 0.1) is 19.6 Å². The molecule has 0 radical (unpaired) electrons. The van der Waals surface area contributed by atoms with Crippen LogP contribution in [0.4, 0.5) is 0 Å². The zero-order valence-corrected chi connectivity index (χ0v) is 16.2. The molecule has 10 nitrogen and oxygen atoms in total. The Balaban J connectivity index is 1.98. The van der Waals surface area contributed by atoms with Crippen molar-refractivity contribution in [2.45, 2.75) is 19.4 Å². The zero-order valence-electron chi connectivity index (χ0n) is 16.2. The Hall–Kier alpha value is -3.66. The molecule has 0 saturated heterocycles. The fourth-order valence-corrected chi connectivity index (χ4v) is 3.42. The van der Waals surface area contributed by atoms with Crippen LogP contribution in [-0.2, 0) is 16.1 Å². The van der Waals surface area contributed by atoms with Gasteiger partial charge in [-0.2, -0.15) is 0 Å². The molecule has 2 aromatic rings. The Bertz CT molecular complexity index is 1100. The number of rotatable bonds is 5. The van der Waals surface area contributed by atoms with Crippen molar-refractivity contribution in [3.05, 3.63) is 57.0 Å². The fraction of sp³-hybridized carbons (Fsp3) is 0.300. The number of hydrogen-bond acceptors (Lipinski definition) is 10. The molecule has 0 fully saturated rings. The van der Waals surface area contributed by atoms with Gasteiger partial charge in [-0.05, 0) is 24.6 Å². The van der Waals surface area contributed by atoms with E-state index in [1.54, 1.807) is 19.1 Å². The number of ether oxygens (including phenoxy) is 5. The SMILES string of the molecule is CCOC(=O)C1=C(N)Oc2c(oc(CO)cc2=O)[C@H]1c1cc(OC)c2c(c1)OCO2. The summed E-state index contributed by atoms with van der Waals surface area (Å²) >= 11 is 0. The van der Waals surface area contributed by atoms with E-state index < -0.39 is 23.9 Å². The van der Waals surface area contributed by atoms with E-state index in [1.165, 1.54) is 7.11 Å². The zero-order chi connectivity index (χ0) is 21.4. The molecule has 0 aliphatic carbocycles. The van der Waals surface area contributed by atoms with Crippen LogP contribution in [0.15, 0.2) is 38.9 Å². The van der Waals surface area contributed by atoms with Crippen molar-refractivity contribution in [3.8, 4) is 23.0 Å². The van der Waals surface area contributed by atoms with Crippen molar-refractivity contribution in [2.75, 3.05) is 20.5 Å². The summed E-state index contributed by atoms with van der Waals surface area (Å²) in [5, 5.41) is 9.48. The van der Waals surface area contributed by atoms with Gasteiger partial charge >= 0.3 is 5.97 Å². The number of esters is 1. The number of hydrogen-bond donors (Lipinski definition) is 2. The van der Waals surface area contributed by atoms with Crippen LogP contribution in [0.5, 0.6) is 23.0 Å². The second-order valence-electron chi connectivity index (χ2n) is 6.42. The predicted molar refractivity (Wildman–Crippen MR) is 100 cm³/mol. The molecule has 1 atom stereocenters. The number of carbonyl (C=O) groups excluding carboxylic acids is 1. The largest absolute Gasteiger partial charge is 0.493 e. The van der Waals surface area contributed by atoms with Crippen LogP contribution in [-0.4, -0.2) is 31.6 Å². The number of aliphatic hydroxyl groups excluding tert-OH is 1. The Labute approximate surface area is 170 Å². The van der Waals surface area contributed by atoms with Crippen LogP contribution in [0, 0.1) is 0 Å². The highest BCUT2D eigenvalue weighted by Gasteiger charge is 2.40. The molecule has 1 aromatic carbocycles. The summed E-state index contributed by atoms with van der Waals surface area (Å²) in [4.78, 5) is 25.3. The van der Waals surface area contributed by atoms with E-state index in [9.17, 15) is 14.7 Å². The summed E-state index contributed by atoms with van der Waals surface area (Å²) in [6.07, 6.45) is 0. The minimum Gasteiger partial charge on any atom is -0.493 e. The van der Waals surface area contributed by atoms with E-state index >= 15 is 0 Å². The van der Waals surface area contributed by atoms with Crippen LogP contribution in [0.2, 0.25) is 0 Å². The normalized spacial score (nSPS) is 16.7. The molecule has 2 aliphatic rings. The highest BCUT2D eigenvalue weighted by atomic mass is 16.7. The Morgan fingerprint density at radius 1 is 1.27 bits per heavy atom. The summed E-state index contributed by atoms with van der Waals surface area (Å²) in [6.45, 7) is 1.23. The lowest BCUT2D eigenvalue weighted by molar-refractivity contribution is -0.139. The minimum atomic E-state index is -0.976. The highest BCUT2D eigenvalue weighted by Crippen LogP contribution is 2.48. The highest BCUT2D eigenvalue weighted by molar-refractivity contribution is 5.92. The molecule has 0 bridgehead atoms. The third-order valence-electron chi connectivity index (χ3n) is 4.67. The minimum absolute atomic E-state index is 0.00346. The van der Waals surface area contributed by atoms with Crippen molar-refractivity contribution in [1.29, 1.82) is 0 Å². The number of aliphatic hydroxyl groups is 1. The van der Waals surface area contributed by atoms with Crippen molar-refractivity contribution >= 4 is 5.97 Å². The average Bonchev–Trinajstić information content (AvgIpc) is 3.21.